The van der Waals surface area contributed by atoms with Gasteiger partial charge in [0.25, 0.3) is 0 Å². The molecule has 0 rings (SSSR count). The molecule has 2 atom stereocenters. The van der Waals surface area contributed by atoms with E-state index in [2.05, 4.69) is 5.43 Å². The number of nitrogens with two attached hydrogens (primary N) is 1. The van der Waals surface area contributed by atoms with E-state index in [1.54, 1.807) is 0 Å². The molecule has 0 heterocycles. The summed E-state index contributed by atoms with van der Waals surface area (Å²) >= 11 is 0. The molecule has 5 heteroatoms. The number of hydrazine groups is 1. The quantitative estimate of drug-likeness (QED) is 0.267. The molecule has 0 saturated carbocycles. The van der Waals surface area contributed by atoms with Crippen molar-refractivity contribution >= 4 is 5.78 Å². The fourth-order valence-corrected chi connectivity index (χ4v) is 0.474. The number of aliphatic hydroxyl groups excluding tert-OH is 2. The Bertz CT molecular complexity index is 115. The molecule has 0 saturated heterocycles. The summed E-state index contributed by atoms with van der Waals surface area (Å²) < 4.78 is 0. The smallest absolute Gasteiger partial charge is 0.178 e. The molecular formula is C5H12N2O3. The molecular weight excluding hydrogens is 136 g/mol. The van der Waals surface area contributed by atoms with Gasteiger partial charge in [0.15, 0.2) is 5.78 Å². The van der Waals surface area contributed by atoms with E-state index in [9.17, 15) is 4.79 Å². The van der Waals surface area contributed by atoms with Crippen molar-refractivity contribution in [2.75, 3.05) is 6.54 Å². The van der Waals surface area contributed by atoms with Gasteiger partial charge in [-0.1, -0.05) is 0 Å². The Morgan fingerprint density at radius 3 is 2.50 bits per heavy atom. The Labute approximate surface area is 58.8 Å². The number of Topliss-reactive ketones (excluding diaryl/α,β-unsaturated/α-hetero) is 1. The minimum absolute atomic E-state index is 0.133. The van der Waals surface area contributed by atoms with Crippen LogP contribution in [0.25, 0.3) is 0 Å². The summed E-state index contributed by atoms with van der Waals surface area (Å²) in [6.07, 6.45) is -2.38. The van der Waals surface area contributed by atoms with Gasteiger partial charge in [-0.2, -0.15) is 0 Å². The second kappa shape index (κ2) is 4.35. The van der Waals surface area contributed by atoms with Crippen LogP contribution in [0.2, 0.25) is 0 Å². The van der Waals surface area contributed by atoms with E-state index in [0.29, 0.717) is 0 Å². The number of rotatable bonds is 4. The maximum Gasteiger partial charge on any atom is 0.178 e. The summed E-state index contributed by atoms with van der Waals surface area (Å²) in [5.74, 6) is 4.29. The molecule has 0 aromatic heterocycles. The molecule has 0 amide bonds. The molecule has 0 aliphatic heterocycles. The van der Waals surface area contributed by atoms with Crippen LogP contribution in [0.5, 0.6) is 0 Å². The van der Waals surface area contributed by atoms with Gasteiger partial charge in [-0.15, -0.1) is 0 Å². The van der Waals surface area contributed by atoms with Crippen LogP contribution < -0.4 is 11.3 Å². The maximum atomic E-state index is 10.6. The zero-order chi connectivity index (χ0) is 8.15. The summed E-state index contributed by atoms with van der Waals surface area (Å²) in [7, 11) is 0. The van der Waals surface area contributed by atoms with E-state index in [-0.39, 0.29) is 6.54 Å². The predicted octanol–water partition coefficient (Wildman–Crippen LogP) is -2.24. The van der Waals surface area contributed by atoms with Crippen molar-refractivity contribution in [3.8, 4) is 0 Å². The van der Waals surface area contributed by atoms with Crippen LogP contribution in [0.1, 0.15) is 6.92 Å². The second-order valence-electron chi connectivity index (χ2n) is 2.03. The zero-order valence-electron chi connectivity index (χ0n) is 5.74. The van der Waals surface area contributed by atoms with Gasteiger partial charge in [-0.25, -0.2) is 0 Å². The lowest BCUT2D eigenvalue weighted by molar-refractivity contribution is -0.131. The van der Waals surface area contributed by atoms with Crippen molar-refractivity contribution in [1.29, 1.82) is 0 Å². The lowest BCUT2D eigenvalue weighted by Gasteiger charge is -2.10. The highest BCUT2D eigenvalue weighted by molar-refractivity contribution is 5.85. The van der Waals surface area contributed by atoms with Crippen LogP contribution in [-0.2, 0) is 4.79 Å². The van der Waals surface area contributed by atoms with Gasteiger partial charge in [-0.05, 0) is 6.92 Å². The van der Waals surface area contributed by atoms with Crippen molar-refractivity contribution in [2.45, 2.75) is 19.1 Å². The lowest BCUT2D eigenvalue weighted by atomic mass is 10.1. The maximum absolute atomic E-state index is 10.6. The third-order valence-corrected chi connectivity index (χ3v) is 1.06. The SMILES string of the molecule is C[C@@H](O)[C@@H](O)C(=O)CNN. The fraction of sp³-hybridized carbons (Fsp3) is 0.800. The molecule has 10 heavy (non-hydrogen) atoms. The summed E-state index contributed by atoms with van der Waals surface area (Å²) in [5, 5.41) is 17.5. The normalized spacial score (nSPS) is 16.4. The van der Waals surface area contributed by atoms with Gasteiger partial charge >= 0.3 is 0 Å². The van der Waals surface area contributed by atoms with Crippen molar-refractivity contribution < 1.29 is 15.0 Å². The number of nitrogens with one attached hydrogen (secondary N) is 1. The van der Waals surface area contributed by atoms with Gasteiger partial charge in [-0.3, -0.25) is 16.1 Å². The van der Waals surface area contributed by atoms with E-state index >= 15 is 0 Å². The van der Waals surface area contributed by atoms with Crippen LogP contribution in [0.15, 0.2) is 0 Å². The van der Waals surface area contributed by atoms with Crippen LogP contribution in [-0.4, -0.2) is 34.7 Å². The van der Waals surface area contributed by atoms with Crippen LogP contribution >= 0.6 is 0 Å². The van der Waals surface area contributed by atoms with E-state index in [4.69, 9.17) is 16.1 Å². The number of hydrogen-bond acceptors (Lipinski definition) is 5. The van der Waals surface area contributed by atoms with Gasteiger partial charge in [0.1, 0.15) is 6.10 Å². The molecule has 0 radical (unpaired) electrons. The van der Waals surface area contributed by atoms with Gasteiger partial charge in [0.2, 0.25) is 0 Å². The summed E-state index contributed by atoms with van der Waals surface area (Å²) in [5.41, 5.74) is 2.08. The molecule has 0 aliphatic carbocycles. The van der Waals surface area contributed by atoms with Crippen LogP contribution in [0.4, 0.5) is 0 Å². The molecule has 5 N–H and O–H groups in total. The molecule has 5 nitrogen and oxygen atoms in total. The third-order valence-electron chi connectivity index (χ3n) is 1.06. The van der Waals surface area contributed by atoms with E-state index in [1.165, 1.54) is 6.92 Å². The Morgan fingerprint density at radius 2 is 2.20 bits per heavy atom. The first-order valence-electron chi connectivity index (χ1n) is 2.92. The van der Waals surface area contributed by atoms with Crippen molar-refractivity contribution in [1.82, 2.24) is 5.43 Å². The summed E-state index contributed by atoms with van der Waals surface area (Å²) in [6.45, 7) is 1.20. The molecule has 0 aliphatic rings. The Morgan fingerprint density at radius 1 is 1.70 bits per heavy atom. The average Bonchev–Trinajstić information content (AvgIpc) is 1.87. The fourth-order valence-electron chi connectivity index (χ4n) is 0.474. The second-order valence-corrected chi connectivity index (χ2v) is 2.03. The van der Waals surface area contributed by atoms with Crippen molar-refractivity contribution in [3.05, 3.63) is 0 Å². The molecule has 0 aromatic carbocycles. The highest BCUT2D eigenvalue weighted by atomic mass is 16.3. The van der Waals surface area contributed by atoms with E-state index in [0.717, 1.165) is 0 Å². The number of aliphatic hydroxyl groups is 2. The zero-order valence-corrected chi connectivity index (χ0v) is 5.74. The number of ketones is 1. The molecule has 0 fully saturated rings. The molecule has 0 unspecified atom stereocenters. The first kappa shape index (κ1) is 9.51. The Hall–Kier alpha value is -0.490. The first-order chi connectivity index (χ1) is 4.59. The third kappa shape index (κ3) is 2.88. The monoisotopic (exact) mass is 148 g/mol. The van der Waals surface area contributed by atoms with Crippen LogP contribution in [0, 0.1) is 0 Å². The topological polar surface area (TPSA) is 95.6 Å². The molecule has 60 valence electrons. The molecule has 0 aromatic rings. The summed E-state index contributed by atoms with van der Waals surface area (Å²) in [4.78, 5) is 10.6. The largest absolute Gasteiger partial charge is 0.390 e. The first-order valence-corrected chi connectivity index (χ1v) is 2.92. The van der Waals surface area contributed by atoms with Crippen molar-refractivity contribution in [3.63, 3.8) is 0 Å². The predicted molar refractivity (Wildman–Crippen MR) is 34.9 cm³/mol. The van der Waals surface area contributed by atoms with Gasteiger partial charge in [0, 0.05) is 0 Å². The summed E-state index contributed by atoms with van der Waals surface area (Å²) in [6, 6.07) is 0. The van der Waals surface area contributed by atoms with Gasteiger partial charge in [0.05, 0.1) is 12.6 Å². The Balaban J connectivity index is 3.71. The minimum atomic E-state index is -1.34. The molecule has 0 spiro atoms. The lowest BCUT2D eigenvalue weighted by Crippen LogP contribution is -2.40. The molecule has 0 bridgehead atoms. The number of hydrogen-bond donors (Lipinski definition) is 4. The highest BCUT2D eigenvalue weighted by Gasteiger charge is 2.18. The average molecular weight is 148 g/mol. The van der Waals surface area contributed by atoms with Gasteiger partial charge < -0.3 is 10.2 Å². The van der Waals surface area contributed by atoms with E-state index in [1.807, 2.05) is 0 Å². The standard InChI is InChI=1S/C5H12N2O3/c1-3(8)5(10)4(9)2-7-6/h3,5,7-8,10H,2,6H2,1H3/t3-,5-/m1/s1. The van der Waals surface area contributed by atoms with Crippen molar-refractivity contribution in [2.24, 2.45) is 5.84 Å². The Kier molecular flexibility index (Phi) is 4.13. The number of carbonyl (C=O) groups is 1. The number of carbonyl (C=O) groups excluding carboxylic acids is 1. The highest BCUT2D eigenvalue weighted by Crippen LogP contribution is 1.91. The van der Waals surface area contributed by atoms with Crippen LogP contribution in [0.3, 0.4) is 0 Å². The van der Waals surface area contributed by atoms with E-state index < -0.39 is 18.0 Å². The minimum Gasteiger partial charge on any atom is -0.390 e.